The Morgan fingerprint density at radius 2 is 1.90 bits per heavy atom. The normalized spacial score (nSPS) is 14.0. The summed E-state index contributed by atoms with van der Waals surface area (Å²) in [5.41, 5.74) is 6.56. The van der Waals surface area contributed by atoms with E-state index in [0.29, 0.717) is 18.4 Å². The third-order valence-electron chi connectivity index (χ3n) is 5.45. The van der Waals surface area contributed by atoms with Crippen molar-refractivity contribution in [2.24, 2.45) is 4.99 Å². The van der Waals surface area contributed by atoms with Gasteiger partial charge in [-0.15, -0.1) is 0 Å². The molecule has 0 spiro atoms. The molecular weight excluding hydrogens is 386 g/mol. The Hall–Kier alpha value is -3.41. The molecule has 0 amide bonds. The van der Waals surface area contributed by atoms with Gasteiger partial charge in [0.05, 0.1) is 6.54 Å². The third-order valence-corrected chi connectivity index (χ3v) is 5.45. The molecule has 1 aliphatic heterocycles. The van der Waals surface area contributed by atoms with E-state index >= 15 is 0 Å². The third kappa shape index (κ3) is 4.68. The van der Waals surface area contributed by atoms with Crippen molar-refractivity contribution in [1.82, 2.24) is 14.8 Å². The number of rotatable bonds is 6. The first kappa shape index (κ1) is 20.8. The molecule has 3 aromatic rings. The van der Waals surface area contributed by atoms with Crippen molar-refractivity contribution in [2.75, 3.05) is 11.9 Å². The summed E-state index contributed by atoms with van der Waals surface area (Å²) in [6, 6.07) is 12.5. The number of hydrogen-bond donors (Lipinski definition) is 1. The fourth-order valence-corrected chi connectivity index (χ4v) is 3.65. The average molecular weight is 416 g/mol. The first-order valence-corrected chi connectivity index (χ1v) is 10.7. The smallest absolute Gasteiger partial charge is 0.184 e. The van der Waals surface area contributed by atoms with Crippen LogP contribution in [0, 0.1) is 0 Å². The fourth-order valence-electron chi connectivity index (χ4n) is 3.65. The van der Waals surface area contributed by atoms with Gasteiger partial charge in [0.25, 0.3) is 0 Å². The van der Waals surface area contributed by atoms with Crippen LogP contribution in [0.25, 0.3) is 16.8 Å². The molecule has 3 heterocycles. The molecule has 1 aromatic carbocycles. The maximum Gasteiger partial charge on any atom is 0.184 e. The molecule has 6 nitrogen and oxygen atoms in total. The lowest BCUT2D eigenvalue weighted by molar-refractivity contribution is 0.290. The van der Waals surface area contributed by atoms with E-state index in [2.05, 4.69) is 60.3 Å². The lowest BCUT2D eigenvalue weighted by Gasteiger charge is -2.08. The van der Waals surface area contributed by atoms with Crippen LogP contribution in [0.2, 0.25) is 0 Å². The van der Waals surface area contributed by atoms with E-state index in [1.165, 1.54) is 5.56 Å². The second-order valence-corrected chi connectivity index (χ2v) is 8.10. The van der Waals surface area contributed by atoms with Gasteiger partial charge >= 0.3 is 0 Å². The van der Waals surface area contributed by atoms with Crippen LogP contribution in [0.15, 0.2) is 60.0 Å². The fraction of sp³-hybridized carbons (Fsp3) is 0.320. The van der Waals surface area contributed by atoms with Crippen molar-refractivity contribution in [1.29, 1.82) is 0 Å². The molecule has 31 heavy (non-hydrogen) atoms. The van der Waals surface area contributed by atoms with Gasteiger partial charge in [0.15, 0.2) is 5.90 Å². The zero-order chi connectivity index (χ0) is 21.8. The maximum absolute atomic E-state index is 5.86. The Labute approximate surface area is 183 Å². The Balaban J connectivity index is 1.51. The monoisotopic (exact) mass is 415 g/mol. The minimum atomic E-state index is 0.508. The van der Waals surface area contributed by atoms with Crippen LogP contribution in [0.4, 0.5) is 5.82 Å². The Bertz CT molecular complexity index is 1090. The van der Waals surface area contributed by atoms with Gasteiger partial charge < -0.3 is 10.1 Å². The van der Waals surface area contributed by atoms with Gasteiger partial charge in [-0.3, -0.25) is 4.98 Å². The molecule has 4 rings (SSSR count). The Kier molecular flexibility index (Phi) is 6.16. The van der Waals surface area contributed by atoms with Crippen LogP contribution in [0.5, 0.6) is 0 Å². The molecule has 0 aliphatic carbocycles. The number of allylic oxidation sites excluding steroid dienone is 1. The number of anilines is 1. The number of nitrogens with one attached hydrogen (secondary N) is 1. The van der Waals surface area contributed by atoms with Gasteiger partial charge in [-0.1, -0.05) is 38.1 Å². The SMILES string of the molecule is CC(=N/C=C(\C)c1c(-c2ccncc2)nn2c1NCC2)OCc1ccc(C(C)C)cc1. The van der Waals surface area contributed by atoms with Gasteiger partial charge in [-0.2, -0.15) is 5.10 Å². The van der Waals surface area contributed by atoms with Crippen LogP contribution in [0.1, 0.15) is 50.3 Å². The molecule has 2 aromatic heterocycles. The van der Waals surface area contributed by atoms with E-state index in [-0.39, 0.29) is 0 Å². The topological polar surface area (TPSA) is 64.3 Å². The van der Waals surface area contributed by atoms with E-state index in [4.69, 9.17) is 9.84 Å². The highest BCUT2D eigenvalue weighted by Gasteiger charge is 2.23. The van der Waals surface area contributed by atoms with Crippen molar-refractivity contribution in [2.45, 2.75) is 46.8 Å². The Morgan fingerprint density at radius 3 is 2.61 bits per heavy atom. The van der Waals surface area contributed by atoms with E-state index in [0.717, 1.165) is 46.9 Å². The summed E-state index contributed by atoms with van der Waals surface area (Å²) in [6.07, 6.45) is 5.44. The second-order valence-electron chi connectivity index (χ2n) is 8.10. The van der Waals surface area contributed by atoms with Crippen LogP contribution >= 0.6 is 0 Å². The number of aromatic nitrogens is 3. The van der Waals surface area contributed by atoms with Crippen LogP contribution in [0.3, 0.4) is 0 Å². The van der Waals surface area contributed by atoms with Crippen LogP contribution < -0.4 is 5.32 Å². The standard InChI is InChI=1S/C25H29N5O/c1-17(2)21-7-5-20(6-8-21)16-31-19(4)28-15-18(3)23-24(22-9-11-26-12-10-22)29-30-14-13-27-25(23)30/h5-12,15,17,27H,13-14,16H2,1-4H3/b18-15+,28-19?. The zero-order valence-corrected chi connectivity index (χ0v) is 18.6. The predicted molar refractivity (Wildman–Crippen MR) is 126 cm³/mol. The highest BCUT2D eigenvalue weighted by Crippen LogP contribution is 2.35. The lowest BCUT2D eigenvalue weighted by atomic mass is 10.0. The molecule has 0 radical (unpaired) electrons. The molecule has 0 bridgehead atoms. The van der Waals surface area contributed by atoms with Crippen molar-refractivity contribution in [3.05, 3.63) is 71.7 Å². The minimum Gasteiger partial charge on any atom is -0.476 e. The summed E-state index contributed by atoms with van der Waals surface area (Å²) in [6.45, 7) is 10.6. The molecule has 160 valence electrons. The van der Waals surface area contributed by atoms with E-state index < -0.39 is 0 Å². The maximum atomic E-state index is 5.86. The summed E-state index contributed by atoms with van der Waals surface area (Å²) < 4.78 is 7.89. The van der Waals surface area contributed by atoms with E-state index in [9.17, 15) is 0 Å². The number of fused-ring (bicyclic) bond motifs is 1. The van der Waals surface area contributed by atoms with Gasteiger partial charge in [-0.05, 0) is 41.7 Å². The first-order valence-electron chi connectivity index (χ1n) is 10.7. The molecule has 0 unspecified atom stereocenters. The molecular formula is C25H29N5O. The number of hydrogen-bond acceptors (Lipinski definition) is 5. The molecule has 0 saturated carbocycles. The number of nitrogens with zero attached hydrogens (tertiary/aromatic N) is 4. The van der Waals surface area contributed by atoms with Gasteiger partial charge in [0.2, 0.25) is 0 Å². The summed E-state index contributed by atoms with van der Waals surface area (Å²) >= 11 is 0. The highest BCUT2D eigenvalue weighted by molar-refractivity contribution is 5.86. The first-order chi connectivity index (χ1) is 15.0. The number of aliphatic imine (C=N–C) groups is 1. The van der Waals surface area contributed by atoms with Crippen LogP contribution in [-0.2, 0) is 17.9 Å². The number of pyridine rings is 1. The molecule has 0 fully saturated rings. The summed E-state index contributed by atoms with van der Waals surface area (Å²) in [5, 5.41) is 8.26. The molecule has 0 saturated heterocycles. The van der Waals surface area contributed by atoms with E-state index in [1.807, 2.05) is 29.9 Å². The van der Waals surface area contributed by atoms with Crippen molar-refractivity contribution in [3.8, 4) is 11.3 Å². The summed E-state index contributed by atoms with van der Waals surface area (Å²) in [7, 11) is 0. The minimum absolute atomic E-state index is 0.508. The van der Waals surface area contributed by atoms with Gasteiger partial charge in [0.1, 0.15) is 18.1 Å². The summed E-state index contributed by atoms with van der Waals surface area (Å²) in [4.78, 5) is 8.68. The lowest BCUT2D eigenvalue weighted by Crippen LogP contribution is -2.00. The number of benzene rings is 1. The van der Waals surface area contributed by atoms with Gasteiger partial charge in [-0.25, -0.2) is 9.67 Å². The highest BCUT2D eigenvalue weighted by atomic mass is 16.5. The predicted octanol–water partition coefficient (Wildman–Crippen LogP) is 5.49. The quantitative estimate of drug-likeness (QED) is 0.427. The van der Waals surface area contributed by atoms with Crippen LogP contribution in [-0.4, -0.2) is 27.2 Å². The van der Waals surface area contributed by atoms with Crippen molar-refractivity contribution >= 4 is 17.3 Å². The second kappa shape index (κ2) is 9.16. The Morgan fingerprint density at radius 1 is 1.16 bits per heavy atom. The average Bonchev–Trinajstić information content (AvgIpc) is 3.38. The number of ether oxygens (including phenoxy) is 1. The molecule has 1 aliphatic rings. The zero-order valence-electron chi connectivity index (χ0n) is 18.6. The van der Waals surface area contributed by atoms with Gasteiger partial charge in [0, 0.05) is 43.2 Å². The van der Waals surface area contributed by atoms with Crippen molar-refractivity contribution < 1.29 is 4.74 Å². The van der Waals surface area contributed by atoms with E-state index in [1.54, 1.807) is 12.4 Å². The molecule has 0 atom stereocenters. The largest absolute Gasteiger partial charge is 0.476 e. The summed E-state index contributed by atoms with van der Waals surface area (Å²) in [5.74, 6) is 2.21. The molecule has 6 heteroatoms. The molecule has 1 N–H and O–H groups in total. The van der Waals surface area contributed by atoms with Crippen molar-refractivity contribution in [3.63, 3.8) is 0 Å².